The first-order chi connectivity index (χ1) is 21.2. The molecule has 0 bridgehead atoms. The highest BCUT2D eigenvalue weighted by Crippen LogP contribution is 2.23. The van der Waals surface area contributed by atoms with Crippen LogP contribution in [0.5, 0.6) is 0 Å². The van der Waals surface area contributed by atoms with E-state index in [1.165, 1.54) is 63.1 Å². The summed E-state index contributed by atoms with van der Waals surface area (Å²) in [7, 11) is -1.01. The molecule has 1 fully saturated rings. The smallest absolute Gasteiger partial charge is 0.0232 e. The van der Waals surface area contributed by atoms with Crippen molar-refractivity contribution in [1.82, 2.24) is 10.2 Å². The van der Waals surface area contributed by atoms with Gasteiger partial charge in [0.1, 0.15) is 0 Å². The zero-order valence-electron chi connectivity index (χ0n) is 31.5. The van der Waals surface area contributed by atoms with Crippen molar-refractivity contribution in [1.29, 1.82) is 0 Å². The summed E-state index contributed by atoms with van der Waals surface area (Å²) in [5.41, 5.74) is 7.10. The summed E-state index contributed by atoms with van der Waals surface area (Å²) in [6.45, 7) is 30.6. The van der Waals surface area contributed by atoms with E-state index in [0.29, 0.717) is 6.04 Å². The van der Waals surface area contributed by atoms with Gasteiger partial charge >= 0.3 is 0 Å². The van der Waals surface area contributed by atoms with Crippen molar-refractivity contribution in [3.05, 3.63) is 61.0 Å². The predicted molar refractivity (Wildman–Crippen MR) is 223 cm³/mol. The molecule has 0 spiro atoms. The van der Waals surface area contributed by atoms with E-state index in [9.17, 15) is 0 Å². The molecule has 4 heteroatoms. The average Bonchev–Trinajstić information content (AvgIpc) is 2.98. The second-order valence-corrected chi connectivity index (χ2v) is 16.6. The van der Waals surface area contributed by atoms with Crippen molar-refractivity contribution in [2.24, 2.45) is 23.5 Å². The summed E-state index contributed by atoms with van der Waals surface area (Å²) in [4.78, 5) is 2.46. The molecule has 3 nitrogen and oxygen atoms in total. The van der Waals surface area contributed by atoms with Gasteiger partial charge in [-0.2, -0.15) is 0 Å². The Morgan fingerprint density at radius 2 is 1.54 bits per heavy atom. The largest absolute Gasteiger partial charge is 0.405 e. The Bertz CT molecular complexity index is 933. The van der Waals surface area contributed by atoms with Crippen LogP contribution in [0.4, 0.5) is 0 Å². The molecule has 1 aliphatic carbocycles. The topological polar surface area (TPSA) is 41.3 Å². The molecular weight excluding hydrogens is 579 g/mol. The fraction of sp³-hybridized carbons (Fsp3) is 0.667. The van der Waals surface area contributed by atoms with E-state index in [0.717, 1.165) is 61.0 Å². The molecule has 2 atom stereocenters. The van der Waals surface area contributed by atoms with Crippen LogP contribution in [-0.4, -0.2) is 53.8 Å². The third kappa shape index (κ3) is 38.1. The number of rotatable bonds is 15. The fourth-order valence-corrected chi connectivity index (χ4v) is 6.49. The molecule has 3 N–H and O–H groups in total. The van der Waals surface area contributed by atoms with Crippen LogP contribution in [0.2, 0.25) is 0 Å². The first-order valence-corrected chi connectivity index (χ1v) is 19.8. The van der Waals surface area contributed by atoms with E-state index in [1.54, 1.807) is 6.92 Å². The van der Waals surface area contributed by atoms with Gasteiger partial charge in [0.25, 0.3) is 0 Å². The minimum Gasteiger partial charge on any atom is -0.405 e. The molecule has 0 aliphatic heterocycles. The number of terminal acetylenes is 1. The second kappa shape index (κ2) is 34.3. The molecule has 1 aromatic carbocycles. The van der Waals surface area contributed by atoms with Crippen LogP contribution in [0.15, 0.2) is 55.4 Å². The standard InChI is InChI=1S/C22H46N2S.C7H14.C7H8.C3H4.C2H5N.CH4/c1-10-24(11-2)15-17-25(8,9)16-14-21(6)23-22(7)18-20(5)13-12-19(3)4;2*1-7-5-3-2-4-6-7;1-3-2;1-2-3;/h19-20,22-23H,6,8-18H2,1-5,7H3;7H,2-6H2,1H3;2-6H,1H3;1H,2H3;2H,1,3H2;1H4. The number of hydrogen-bond donors (Lipinski definition) is 2. The maximum atomic E-state index is 4.61. The van der Waals surface area contributed by atoms with Crippen molar-refractivity contribution in [3.8, 4) is 12.3 Å². The van der Waals surface area contributed by atoms with Crippen molar-refractivity contribution in [3.63, 3.8) is 0 Å². The van der Waals surface area contributed by atoms with Crippen molar-refractivity contribution in [2.75, 3.05) is 31.1 Å². The highest BCUT2D eigenvalue weighted by molar-refractivity contribution is 8.27. The molecule has 1 saturated carbocycles. The van der Waals surface area contributed by atoms with Crippen molar-refractivity contribution >= 4 is 20.9 Å². The fourth-order valence-electron chi connectivity index (χ4n) is 4.96. The average molecular weight is 660 g/mol. The van der Waals surface area contributed by atoms with E-state index in [2.05, 4.69) is 121 Å². The summed E-state index contributed by atoms with van der Waals surface area (Å²) < 4.78 is 0. The second-order valence-electron chi connectivity index (χ2n) is 13.3. The van der Waals surface area contributed by atoms with Gasteiger partial charge in [-0.05, 0) is 82.2 Å². The molecule has 2 rings (SSSR count). The molecule has 2 unspecified atom stereocenters. The monoisotopic (exact) mass is 660 g/mol. The normalized spacial score (nSPS) is 13.6. The quantitative estimate of drug-likeness (QED) is 0.145. The summed E-state index contributed by atoms with van der Waals surface area (Å²) >= 11 is 0. The zero-order valence-corrected chi connectivity index (χ0v) is 32.3. The lowest BCUT2D eigenvalue weighted by Gasteiger charge is -2.24. The Morgan fingerprint density at radius 3 is 1.91 bits per heavy atom. The molecule has 0 aromatic heterocycles. The summed E-state index contributed by atoms with van der Waals surface area (Å²) in [6.07, 6.45) is 18.2. The Morgan fingerprint density at radius 1 is 1.04 bits per heavy atom. The first-order valence-electron chi connectivity index (χ1n) is 17.5. The highest BCUT2D eigenvalue weighted by Gasteiger charge is 2.11. The molecule has 0 heterocycles. The Kier molecular flexibility index (Phi) is 37.8. The third-order valence-electron chi connectivity index (χ3n) is 7.85. The molecule has 270 valence electrons. The molecule has 1 aromatic rings. The number of allylic oxidation sites excluding steroid dienone is 1. The SMILES string of the molecule is C.C#CC.C=C(CCS(=C)(=C)CCN(CC)CC)NC(C)CC(C)CCC(C)C.C=CN.CC1CCCCC1.Cc1ccccc1. The van der Waals surface area contributed by atoms with Gasteiger partial charge in [-0.3, -0.25) is 0 Å². The van der Waals surface area contributed by atoms with Crippen molar-refractivity contribution < 1.29 is 0 Å². The van der Waals surface area contributed by atoms with E-state index >= 15 is 0 Å². The van der Waals surface area contributed by atoms with Crippen LogP contribution in [0.25, 0.3) is 0 Å². The number of nitrogens with one attached hydrogen (secondary N) is 1. The van der Waals surface area contributed by atoms with Gasteiger partial charge in [0, 0.05) is 18.3 Å². The van der Waals surface area contributed by atoms with Gasteiger partial charge in [-0.1, -0.05) is 155 Å². The van der Waals surface area contributed by atoms with E-state index in [1.807, 2.05) is 18.2 Å². The molecule has 0 saturated heterocycles. The number of benzene rings is 1. The minimum absolute atomic E-state index is 0. The predicted octanol–water partition coefficient (Wildman–Crippen LogP) is 11.3. The molecular formula is C42H81N3S. The summed E-state index contributed by atoms with van der Waals surface area (Å²) in [6, 6.07) is 10.8. The van der Waals surface area contributed by atoms with E-state index in [-0.39, 0.29) is 7.43 Å². The maximum absolute atomic E-state index is 4.61. The van der Waals surface area contributed by atoms with E-state index < -0.39 is 9.21 Å². The van der Waals surface area contributed by atoms with Gasteiger partial charge in [0.2, 0.25) is 0 Å². The number of hydrogen-bond acceptors (Lipinski definition) is 3. The molecule has 46 heavy (non-hydrogen) atoms. The first kappa shape index (κ1) is 50.8. The van der Waals surface area contributed by atoms with Gasteiger partial charge in [0.15, 0.2) is 0 Å². The lowest BCUT2D eigenvalue weighted by atomic mass is 9.91. The zero-order chi connectivity index (χ0) is 35.1. The van der Waals surface area contributed by atoms with Gasteiger partial charge in [0.05, 0.1) is 0 Å². The van der Waals surface area contributed by atoms with Crippen LogP contribution in [0, 0.1) is 37.0 Å². The maximum Gasteiger partial charge on any atom is 0.0232 e. The van der Waals surface area contributed by atoms with E-state index in [4.69, 9.17) is 0 Å². The Labute approximate surface area is 291 Å². The number of nitrogens with zero attached hydrogens (tertiary/aromatic N) is 1. The van der Waals surface area contributed by atoms with Crippen LogP contribution in [0.3, 0.4) is 0 Å². The van der Waals surface area contributed by atoms with Gasteiger partial charge < -0.3 is 16.0 Å². The van der Waals surface area contributed by atoms with Crippen LogP contribution < -0.4 is 11.1 Å². The van der Waals surface area contributed by atoms with Crippen molar-refractivity contribution in [2.45, 2.75) is 134 Å². The highest BCUT2D eigenvalue weighted by atomic mass is 32.2. The lowest BCUT2D eigenvalue weighted by molar-refractivity contribution is 0.323. The van der Waals surface area contributed by atoms with Crippen LogP contribution in [0.1, 0.15) is 126 Å². The Hall–Kier alpha value is -2.09. The third-order valence-corrected chi connectivity index (χ3v) is 9.97. The summed E-state index contributed by atoms with van der Waals surface area (Å²) in [5.74, 6) is 15.9. The lowest BCUT2D eigenvalue weighted by Crippen LogP contribution is -2.28. The van der Waals surface area contributed by atoms with Gasteiger partial charge in [-0.15, -0.1) is 12.3 Å². The minimum atomic E-state index is -1.01. The van der Waals surface area contributed by atoms with Gasteiger partial charge in [-0.25, -0.2) is 9.21 Å². The van der Waals surface area contributed by atoms with Crippen LogP contribution >= 0.6 is 9.21 Å². The molecule has 0 amide bonds. The number of nitrogens with two attached hydrogens (primary N) is 1. The van der Waals surface area contributed by atoms with Crippen LogP contribution in [-0.2, 0) is 0 Å². The summed E-state index contributed by atoms with van der Waals surface area (Å²) in [5, 5.41) is 3.61. The molecule has 1 aliphatic rings. The molecule has 0 radical (unpaired) electrons. The number of aryl methyl sites for hydroxylation is 1. The Balaban J connectivity index is -0.000000335.